The predicted octanol–water partition coefficient (Wildman–Crippen LogP) is 5.82. The van der Waals surface area contributed by atoms with E-state index in [1.165, 1.54) is 0 Å². The molecule has 0 unspecified atom stereocenters. The number of ketones is 1. The lowest BCUT2D eigenvalue weighted by Gasteiger charge is -2.13. The van der Waals surface area contributed by atoms with Gasteiger partial charge in [0.05, 0.1) is 11.3 Å². The first-order valence-electron chi connectivity index (χ1n) is 11.8. The van der Waals surface area contributed by atoms with Crippen molar-refractivity contribution in [3.8, 4) is 5.75 Å². The minimum absolute atomic E-state index is 0.200. The molecule has 4 aromatic rings. The second-order valence-electron chi connectivity index (χ2n) is 9.17. The fourth-order valence-electron chi connectivity index (χ4n) is 4.60. The molecule has 0 amide bonds. The first-order chi connectivity index (χ1) is 16.8. The maximum atomic E-state index is 13.1. The Bertz CT molecular complexity index is 1420. The molecule has 0 N–H and O–H groups in total. The zero-order valence-electron chi connectivity index (χ0n) is 20.4. The zero-order valence-corrected chi connectivity index (χ0v) is 20.4. The van der Waals surface area contributed by atoms with E-state index >= 15 is 0 Å². The second kappa shape index (κ2) is 9.06. The number of aromatic nitrogens is 2. The Labute approximate surface area is 203 Å². The summed E-state index contributed by atoms with van der Waals surface area (Å²) in [7, 11) is 0. The van der Waals surface area contributed by atoms with Gasteiger partial charge in [0.15, 0.2) is 6.61 Å². The summed E-state index contributed by atoms with van der Waals surface area (Å²) < 4.78 is 19.0. The summed E-state index contributed by atoms with van der Waals surface area (Å²) in [6, 6.07) is 13.6. The largest absolute Gasteiger partial charge is 0.488 e. The molecule has 35 heavy (non-hydrogen) atoms. The van der Waals surface area contributed by atoms with Crippen LogP contribution in [0.2, 0.25) is 0 Å². The van der Waals surface area contributed by atoms with Crippen LogP contribution in [-0.4, -0.2) is 28.1 Å². The number of esters is 1. The van der Waals surface area contributed by atoms with Gasteiger partial charge in [-0.25, -0.2) is 4.79 Å². The molecule has 180 valence electrons. The van der Waals surface area contributed by atoms with Gasteiger partial charge in [0.1, 0.15) is 23.7 Å². The molecule has 2 aromatic heterocycles. The van der Waals surface area contributed by atoms with Crippen LogP contribution < -0.4 is 4.74 Å². The van der Waals surface area contributed by atoms with Gasteiger partial charge in [-0.3, -0.25) is 4.79 Å². The number of nitrogens with zero attached hydrogens (tertiary/aromatic N) is 2. The molecule has 2 heterocycles. The van der Waals surface area contributed by atoms with Gasteiger partial charge >= 0.3 is 5.97 Å². The highest BCUT2D eigenvalue weighted by molar-refractivity contribution is 6.02. The Balaban J connectivity index is 1.37. The summed E-state index contributed by atoms with van der Waals surface area (Å²) in [5.74, 6) is 0.237. The molecule has 1 aliphatic rings. The topological polar surface area (TPSA) is 83.6 Å². The molecule has 7 nitrogen and oxygen atoms in total. The van der Waals surface area contributed by atoms with Crippen molar-refractivity contribution in [3.05, 3.63) is 82.0 Å². The first-order valence-corrected chi connectivity index (χ1v) is 11.8. The van der Waals surface area contributed by atoms with Crippen molar-refractivity contribution in [2.75, 3.05) is 6.61 Å². The van der Waals surface area contributed by atoms with Crippen molar-refractivity contribution in [2.45, 2.75) is 53.2 Å². The van der Waals surface area contributed by atoms with Gasteiger partial charge in [-0.1, -0.05) is 29.4 Å². The van der Waals surface area contributed by atoms with Crippen molar-refractivity contribution in [3.63, 3.8) is 0 Å². The van der Waals surface area contributed by atoms with Crippen molar-refractivity contribution < 1.29 is 23.6 Å². The molecule has 0 atom stereocenters. The number of rotatable bonds is 8. The van der Waals surface area contributed by atoms with Crippen molar-refractivity contribution in [1.29, 1.82) is 0 Å². The Morgan fingerprint density at radius 2 is 1.74 bits per heavy atom. The van der Waals surface area contributed by atoms with Crippen LogP contribution >= 0.6 is 0 Å². The maximum Gasteiger partial charge on any atom is 0.342 e. The smallest absolute Gasteiger partial charge is 0.342 e. The SMILES string of the molecule is Cc1noc(C)c1COc1cc2ccccc2cc1C(=O)OCC(=O)c1cc(C)n(C2CC2)c1C. The molecule has 0 bridgehead atoms. The summed E-state index contributed by atoms with van der Waals surface area (Å²) in [6.45, 7) is 7.49. The lowest BCUT2D eigenvalue weighted by Crippen LogP contribution is -2.16. The molecular formula is C28H28N2O5. The standard InChI is InChI=1S/C28H28N2O5/c1-16-11-23(18(3)30(16)22-9-10-22)26(31)15-34-28(32)24-12-20-7-5-6-8-21(20)13-27(24)33-14-25-17(2)29-35-19(25)4/h5-8,11-13,22H,9-10,14-15H2,1-4H3. The van der Waals surface area contributed by atoms with Crippen molar-refractivity contribution in [1.82, 2.24) is 9.72 Å². The fourth-order valence-corrected chi connectivity index (χ4v) is 4.60. The van der Waals surface area contributed by atoms with E-state index < -0.39 is 5.97 Å². The maximum absolute atomic E-state index is 13.1. The normalized spacial score (nSPS) is 13.3. The number of ether oxygens (including phenoxy) is 2. The van der Waals surface area contributed by atoms with Gasteiger partial charge in [-0.15, -0.1) is 0 Å². The minimum Gasteiger partial charge on any atom is -0.488 e. The highest BCUT2D eigenvalue weighted by atomic mass is 16.5. The number of hydrogen-bond donors (Lipinski definition) is 0. The zero-order chi connectivity index (χ0) is 24.7. The van der Waals surface area contributed by atoms with E-state index in [4.69, 9.17) is 14.0 Å². The molecule has 1 saturated carbocycles. The summed E-state index contributed by atoms with van der Waals surface area (Å²) in [5.41, 5.74) is 4.44. The van der Waals surface area contributed by atoms with Crippen LogP contribution in [0.4, 0.5) is 0 Å². The second-order valence-corrected chi connectivity index (χ2v) is 9.17. The number of fused-ring (bicyclic) bond motifs is 1. The monoisotopic (exact) mass is 472 g/mol. The van der Waals surface area contributed by atoms with Crippen LogP contribution in [0, 0.1) is 27.7 Å². The Kier molecular flexibility index (Phi) is 5.93. The minimum atomic E-state index is -0.603. The van der Waals surface area contributed by atoms with Gasteiger partial charge in [-0.05, 0) is 69.5 Å². The summed E-state index contributed by atoms with van der Waals surface area (Å²) in [4.78, 5) is 26.0. The summed E-state index contributed by atoms with van der Waals surface area (Å²) in [6.07, 6.45) is 2.27. The van der Waals surface area contributed by atoms with Gasteiger partial charge in [0.25, 0.3) is 0 Å². The highest BCUT2D eigenvalue weighted by Crippen LogP contribution is 2.38. The number of carbonyl (C=O) groups is 2. The van der Waals surface area contributed by atoms with Gasteiger partial charge in [-0.2, -0.15) is 0 Å². The molecule has 0 saturated heterocycles. The van der Waals surface area contributed by atoms with E-state index in [9.17, 15) is 9.59 Å². The Hall–Kier alpha value is -3.87. The number of hydrogen-bond acceptors (Lipinski definition) is 6. The average Bonchev–Trinajstić information content (AvgIpc) is 3.56. The van der Waals surface area contributed by atoms with Crippen LogP contribution in [-0.2, 0) is 11.3 Å². The van der Waals surface area contributed by atoms with Crippen molar-refractivity contribution >= 4 is 22.5 Å². The van der Waals surface area contributed by atoms with Gasteiger partial charge < -0.3 is 18.6 Å². The first kappa shape index (κ1) is 22.9. The molecule has 0 radical (unpaired) electrons. The van der Waals surface area contributed by atoms with Crippen molar-refractivity contribution in [2.24, 2.45) is 0 Å². The third-order valence-corrected chi connectivity index (χ3v) is 6.65. The quantitative estimate of drug-likeness (QED) is 0.237. The molecule has 1 aliphatic carbocycles. The number of benzene rings is 2. The summed E-state index contributed by atoms with van der Waals surface area (Å²) >= 11 is 0. The number of Topliss-reactive ketones (excluding diaryl/α,β-unsaturated/α-hetero) is 1. The van der Waals surface area contributed by atoms with Gasteiger partial charge in [0, 0.05) is 23.0 Å². The van der Waals surface area contributed by atoms with E-state index in [1.807, 2.05) is 64.1 Å². The van der Waals surface area contributed by atoms with Crippen LogP contribution in [0.5, 0.6) is 5.75 Å². The van der Waals surface area contributed by atoms with E-state index in [1.54, 1.807) is 6.07 Å². The summed E-state index contributed by atoms with van der Waals surface area (Å²) in [5, 5.41) is 5.77. The fraction of sp³-hybridized carbons (Fsp3) is 0.321. The van der Waals surface area contributed by atoms with Crippen LogP contribution in [0.15, 0.2) is 47.0 Å². The average molecular weight is 473 g/mol. The number of aryl methyl sites for hydroxylation is 3. The number of carbonyl (C=O) groups excluding carboxylic acids is 2. The lowest BCUT2D eigenvalue weighted by molar-refractivity contribution is 0.0470. The molecule has 5 rings (SSSR count). The molecule has 2 aromatic carbocycles. The molecule has 7 heteroatoms. The Morgan fingerprint density at radius 3 is 2.40 bits per heavy atom. The third-order valence-electron chi connectivity index (χ3n) is 6.65. The third kappa shape index (κ3) is 4.46. The van der Waals surface area contributed by atoms with Crippen LogP contribution in [0.3, 0.4) is 0 Å². The molecule has 0 aliphatic heterocycles. The van der Waals surface area contributed by atoms with E-state index in [2.05, 4.69) is 9.72 Å². The Morgan fingerprint density at radius 1 is 1.03 bits per heavy atom. The lowest BCUT2D eigenvalue weighted by atomic mass is 10.1. The van der Waals surface area contributed by atoms with Crippen LogP contribution in [0.1, 0.15) is 68.0 Å². The van der Waals surface area contributed by atoms with Gasteiger partial charge in [0.2, 0.25) is 5.78 Å². The molecular weight excluding hydrogens is 444 g/mol. The molecule has 0 spiro atoms. The van der Waals surface area contributed by atoms with E-state index in [0.717, 1.165) is 46.3 Å². The van der Waals surface area contributed by atoms with E-state index in [-0.39, 0.29) is 24.6 Å². The molecule has 1 fully saturated rings. The predicted molar refractivity (Wildman–Crippen MR) is 131 cm³/mol. The highest BCUT2D eigenvalue weighted by Gasteiger charge is 2.28. The van der Waals surface area contributed by atoms with Crippen LogP contribution in [0.25, 0.3) is 10.8 Å². The van der Waals surface area contributed by atoms with E-state index in [0.29, 0.717) is 23.1 Å².